The lowest BCUT2D eigenvalue weighted by molar-refractivity contribution is -0.142. The maximum atomic E-state index is 11.7. The molecule has 0 aliphatic heterocycles. The molecule has 0 N–H and O–H groups in total. The largest absolute Gasteiger partial charge is 0.459 e. The van der Waals surface area contributed by atoms with Crippen LogP contribution in [0.5, 0.6) is 0 Å². The molecule has 0 bridgehead atoms. The number of carbonyl (C=O) groups excluding carboxylic acids is 1. The molecule has 0 saturated carbocycles. The van der Waals surface area contributed by atoms with Crippen LogP contribution in [0.15, 0.2) is 48.0 Å². The van der Waals surface area contributed by atoms with Gasteiger partial charge in [-0.1, -0.05) is 36.4 Å². The zero-order valence-electron chi connectivity index (χ0n) is 11.5. The Kier molecular flexibility index (Phi) is 4.17. The van der Waals surface area contributed by atoms with Gasteiger partial charge in [0.25, 0.3) is 0 Å². The number of ether oxygens (including phenoxy) is 1. The Hall–Kier alpha value is -2.60. The van der Waals surface area contributed by atoms with Gasteiger partial charge in [0.05, 0.1) is 6.10 Å². The van der Waals surface area contributed by atoms with E-state index in [9.17, 15) is 4.79 Å². The summed E-state index contributed by atoms with van der Waals surface area (Å²) in [6.45, 7) is 3.51. The second kappa shape index (κ2) is 6.03. The standard InChI is InChI=1S/C17H15NO2/c1-12(2)20-17(19)16(11-18)10-13-7-8-14-5-3-4-6-15(14)9-13/h3-10,12H,1-2H3/b16-10+. The quantitative estimate of drug-likeness (QED) is 0.483. The monoisotopic (exact) mass is 265 g/mol. The predicted octanol–water partition coefficient (Wildman–Crippen LogP) is 3.70. The van der Waals surface area contributed by atoms with Crippen LogP contribution in [0.4, 0.5) is 0 Å². The van der Waals surface area contributed by atoms with Gasteiger partial charge in [0.2, 0.25) is 0 Å². The number of nitriles is 1. The Morgan fingerprint density at radius 1 is 1.20 bits per heavy atom. The Balaban J connectivity index is 2.35. The summed E-state index contributed by atoms with van der Waals surface area (Å²) in [4.78, 5) is 11.7. The zero-order valence-corrected chi connectivity index (χ0v) is 11.5. The van der Waals surface area contributed by atoms with Crippen molar-refractivity contribution in [3.63, 3.8) is 0 Å². The maximum Gasteiger partial charge on any atom is 0.349 e. The van der Waals surface area contributed by atoms with E-state index in [1.165, 1.54) is 0 Å². The highest BCUT2D eigenvalue weighted by atomic mass is 16.5. The first kappa shape index (κ1) is 13.8. The average Bonchev–Trinajstić information content (AvgIpc) is 2.43. The van der Waals surface area contributed by atoms with E-state index in [-0.39, 0.29) is 11.7 Å². The SMILES string of the molecule is CC(C)OC(=O)/C(C#N)=C/c1ccc2ccccc2c1. The van der Waals surface area contributed by atoms with Gasteiger partial charge in [0.1, 0.15) is 11.6 Å². The Bertz CT molecular complexity index is 708. The molecule has 0 aliphatic rings. The minimum atomic E-state index is -0.587. The summed E-state index contributed by atoms with van der Waals surface area (Å²) in [5.74, 6) is -0.587. The molecule has 20 heavy (non-hydrogen) atoms. The summed E-state index contributed by atoms with van der Waals surface area (Å²) in [5, 5.41) is 11.2. The minimum absolute atomic E-state index is 0.00832. The highest BCUT2D eigenvalue weighted by Gasteiger charge is 2.12. The van der Waals surface area contributed by atoms with Crippen molar-refractivity contribution in [2.75, 3.05) is 0 Å². The van der Waals surface area contributed by atoms with Crippen LogP contribution in [0, 0.1) is 11.3 Å². The van der Waals surface area contributed by atoms with Crippen molar-refractivity contribution >= 4 is 22.8 Å². The molecule has 0 saturated heterocycles. The van der Waals surface area contributed by atoms with E-state index in [0.29, 0.717) is 0 Å². The summed E-state index contributed by atoms with van der Waals surface area (Å²) in [7, 11) is 0. The van der Waals surface area contributed by atoms with E-state index < -0.39 is 5.97 Å². The highest BCUT2D eigenvalue weighted by Crippen LogP contribution is 2.18. The Morgan fingerprint density at radius 3 is 2.55 bits per heavy atom. The van der Waals surface area contributed by atoms with Gasteiger partial charge >= 0.3 is 5.97 Å². The van der Waals surface area contributed by atoms with E-state index in [0.717, 1.165) is 16.3 Å². The van der Waals surface area contributed by atoms with E-state index in [1.54, 1.807) is 19.9 Å². The summed E-state index contributed by atoms with van der Waals surface area (Å²) >= 11 is 0. The third kappa shape index (κ3) is 3.24. The first-order valence-electron chi connectivity index (χ1n) is 6.41. The van der Waals surface area contributed by atoms with Crippen LogP contribution in [0.1, 0.15) is 19.4 Å². The van der Waals surface area contributed by atoms with E-state index in [2.05, 4.69) is 0 Å². The molecule has 3 nitrogen and oxygen atoms in total. The third-order valence-electron chi connectivity index (χ3n) is 2.77. The molecule has 0 atom stereocenters. The molecule has 0 amide bonds. The molecule has 0 fully saturated rings. The number of rotatable bonds is 3. The van der Waals surface area contributed by atoms with Gasteiger partial charge < -0.3 is 4.74 Å². The second-order valence-electron chi connectivity index (χ2n) is 4.73. The smallest absolute Gasteiger partial charge is 0.349 e. The van der Waals surface area contributed by atoms with Gasteiger partial charge in [0, 0.05) is 0 Å². The van der Waals surface area contributed by atoms with Crippen LogP contribution >= 0.6 is 0 Å². The lowest BCUT2D eigenvalue weighted by Crippen LogP contribution is -2.12. The van der Waals surface area contributed by atoms with Gasteiger partial charge in [-0.2, -0.15) is 5.26 Å². The van der Waals surface area contributed by atoms with Crippen LogP contribution in [-0.2, 0) is 9.53 Å². The summed E-state index contributed by atoms with van der Waals surface area (Å²) in [6.07, 6.45) is 1.31. The summed E-state index contributed by atoms with van der Waals surface area (Å²) in [5.41, 5.74) is 0.815. The first-order chi connectivity index (χ1) is 9.60. The number of carbonyl (C=O) groups is 1. The number of fused-ring (bicyclic) bond motifs is 1. The van der Waals surface area contributed by atoms with Crippen molar-refractivity contribution in [2.24, 2.45) is 0 Å². The van der Waals surface area contributed by atoms with Crippen molar-refractivity contribution in [1.29, 1.82) is 5.26 Å². The molecule has 0 unspecified atom stereocenters. The van der Waals surface area contributed by atoms with E-state index in [4.69, 9.17) is 10.00 Å². The van der Waals surface area contributed by atoms with Gasteiger partial charge in [0.15, 0.2) is 0 Å². The molecule has 0 aliphatic carbocycles. The lowest BCUT2D eigenvalue weighted by Gasteiger charge is -2.06. The fourth-order valence-corrected chi connectivity index (χ4v) is 1.88. The fraction of sp³-hybridized carbons (Fsp3) is 0.176. The molecule has 2 aromatic rings. The second-order valence-corrected chi connectivity index (χ2v) is 4.73. The number of benzene rings is 2. The van der Waals surface area contributed by atoms with Crippen LogP contribution in [0.25, 0.3) is 16.8 Å². The molecule has 0 aromatic heterocycles. The minimum Gasteiger partial charge on any atom is -0.459 e. The van der Waals surface area contributed by atoms with E-state index in [1.807, 2.05) is 48.5 Å². The molecule has 0 radical (unpaired) electrons. The highest BCUT2D eigenvalue weighted by molar-refractivity contribution is 5.98. The topological polar surface area (TPSA) is 50.1 Å². The number of nitrogens with zero attached hydrogens (tertiary/aromatic N) is 1. The zero-order chi connectivity index (χ0) is 14.5. The number of esters is 1. The fourth-order valence-electron chi connectivity index (χ4n) is 1.88. The van der Waals surface area contributed by atoms with Crippen LogP contribution in [-0.4, -0.2) is 12.1 Å². The normalized spacial score (nSPS) is 11.4. The molecular weight excluding hydrogens is 250 g/mol. The molecule has 2 rings (SSSR count). The Labute approximate surface area is 118 Å². The maximum absolute atomic E-state index is 11.7. The van der Waals surface area contributed by atoms with Crippen LogP contribution < -0.4 is 0 Å². The number of hydrogen-bond acceptors (Lipinski definition) is 3. The van der Waals surface area contributed by atoms with Crippen molar-refractivity contribution in [3.05, 3.63) is 53.6 Å². The molecule has 3 heteroatoms. The molecule has 0 spiro atoms. The van der Waals surface area contributed by atoms with Crippen LogP contribution in [0.2, 0.25) is 0 Å². The van der Waals surface area contributed by atoms with Gasteiger partial charge in [-0.3, -0.25) is 0 Å². The Morgan fingerprint density at radius 2 is 1.90 bits per heavy atom. The van der Waals surface area contributed by atoms with Crippen molar-refractivity contribution in [1.82, 2.24) is 0 Å². The van der Waals surface area contributed by atoms with Gasteiger partial charge in [-0.25, -0.2) is 4.79 Å². The van der Waals surface area contributed by atoms with Crippen molar-refractivity contribution in [3.8, 4) is 6.07 Å². The van der Waals surface area contributed by atoms with Crippen molar-refractivity contribution in [2.45, 2.75) is 20.0 Å². The summed E-state index contributed by atoms with van der Waals surface area (Å²) < 4.78 is 5.03. The van der Waals surface area contributed by atoms with Crippen molar-refractivity contribution < 1.29 is 9.53 Å². The van der Waals surface area contributed by atoms with Gasteiger partial charge in [-0.15, -0.1) is 0 Å². The lowest BCUT2D eigenvalue weighted by atomic mass is 10.1. The average molecular weight is 265 g/mol. The molecule has 2 aromatic carbocycles. The van der Waals surface area contributed by atoms with E-state index >= 15 is 0 Å². The molecule has 100 valence electrons. The third-order valence-corrected chi connectivity index (χ3v) is 2.77. The summed E-state index contributed by atoms with van der Waals surface area (Å²) in [6, 6.07) is 15.6. The van der Waals surface area contributed by atoms with Crippen LogP contribution in [0.3, 0.4) is 0 Å². The number of hydrogen-bond donors (Lipinski definition) is 0. The first-order valence-corrected chi connectivity index (χ1v) is 6.41. The molecular formula is C17H15NO2. The predicted molar refractivity (Wildman–Crippen MR) is 78.8 cm³/mol. The molecule has 0 heterocycles. The van der Waals surface area contributed by atoms with Gasteiger partial charge in [-0.05, 0) is 42.3 Å².